The molecule has 2 atom stereocenters. The number of carbonyl (C=O) groups excluding carboxylic acids is 2. The van der Waals surface area contributed by atoms with E-state index in [-0.39, 0.29) is 17.8 Å². The molecular weight excluding hydrogens is 266 g/mol. The average Bonchev–Trinajstić information content (AvgIpc) is 2.93. The summed E-state index contributed by atoms with van der Waals surface area (Å²) < 4.78 is 0. The van der Waals surface area contributed by atoms with Crippen molar-refractivity contribution in [3.8, 4) is 0 Å². The van der Waals surface area contributed by atoms with Gasteiger partial charge in [0.25, 0.3) is 0 Å². The molecule has 21 heavy (non-hydrogen) atoms. The van der Waals surface area contributed by atoms with Crippen molar-refractivity contribution in [2.24, 2.45) is 11.1 Å². The third kappa shape index (κ3) is 2.89. The third-order valence-corrected chi connectivity index (χ3v) is 4.24. The van der Waals surface area contributed by atoms with Crippen LogP contribution in [0.3, 0.4) is 0 Å². The van der Waals surface area contributed by atoms with Crippen LogP contribution in [0.1, 0.15) is 38.5 Å². The fourth-order valence-corrected chi connectivity index (χ4v) is 3.14. The van der Waals surface area contributed by atoms with Gasteiger partial charge in [-0.05, 0) is 30.4 Å². The number of aldehydes is 1. The van der Waals surface area contributed by atoms with Crippen molar-refractivity contribution in [3.05, 3.63) is 35.5 Å². The average molecular weight is 285 g/mol. The SMILES string of the molecule is O=CCC1ON=C(C2=CCC(=O)CC2)C1C1=CCCC=C1. The van der Waals surface area contributed by atoms with E-state index in [0.29, 0.717) is 19.3 Å². The summed E-state index contributed by atoms with van der Waals surface area (Å²) in [5.41, 5.74) is 3.20. The summed E-state index contributed by atoms with van der Waals surface area (Å²) in [5, 5.41) is 4.24. The number of rotatable bonds is 4. The smallest absolute Gasteiger partial charge is 0.146 e. The van der Waals surface area contributed by atoms with Crippen LogP contribution in [0.25, 0.3) is 0 Å². The number of hydrogen-bond donors (Lipinski definition) is 0. The lowest BCUT2D eigenvalue weighted by molar-refractivity contribution is -0.118. The van der Waals surface area contributed by atoms with E-state index in [1.165, 1.54) is 5.57 Å². The summed E-state index contributed by atoms with van der Waals surface area (Å²) >= 11 is 0. The molecule has 0 aromatic rings. The van der Waals surface area contributed by atoms with E-state index in [1.807, 2.05) is 6.08 Å². The van der Waals surface area contributed by atoms with E-state index < -0.39 is 0 Å². The van der Waals surface area contributed by atoms with Crippen LogP contribution < -0.4 is 0 Å². The maximum atomic E-state index is 11.4. The summed E-state index contributed by atoms with van der Waals surface area (Å²) in [6, 6.07) is 0. The lowest BCUT2D eigenvalue weighted by atomic mass is 9.80. The topological polar surface area (TPSA) is 55.7 Å². The molecule has 3 rings (SSSR count). The van der Waals surface area contributed by atoms with Gasteiger partial charge in [-0.2, -0.15) is 0 Å². The number of Topliss-reactive ketones (excluding diaryl/α,β-unsaturated/α-hetero) is 1. The standard InChI is InChI=1S/C17H19NO3/c19-11-10-15-16(12-4-2-1-3-5-12)17(18-21-15)13-6-8-14(20)9-7-13/h2,4-6,11,15-16H,1,3,7-10H2. The predicted octanol–water partition coefficient (Wildman–Crippen LogP) is 2.90. The highest BCUT2D eigenvalue weighted by atomic mass is 16.6. The Morgan fingerprint density at radius 3 is 2.86 bits per heavy atom. The molecule has 0 aromatic heterocycles. The zero-order valence-electron chi connectivity index (χ0n) is 12.0. The summed E-state index contributed by atoms with van der Waals surface area (Å²) in [6.45, 7) is 0. The van der Waals surface area contributed by atoms with Gasteiger partial charge in [-0.25, -0.2) is 0 Å². The normalized spacial score (nSPS) is 28.6. The summed E-state index contributed by atoms with van der Waals surface area (Å²) in [5.74, 6) is 0.294. The van der Waals surface area contributed by atoms with Gasteiger partial charge in [0.05, 0.1) is 11.6 Å². The minimum atomic E-state index is -0.218. The first kappa shape index (κ1) is 14.0. The van der Waals surface area contributed by atoms with Gasteiger partial charge in [-0.15, -0.1) is 0 Å². The number of hydrogen-bond acceptors (Lipinski definition) is 4. The van der Waals surface area contributed by atoms with Crippen LogP contribution in [0.15, 0.2) is 40.6 Å². The maximum Gasteiger partial charge on any atom is 0.146 e. The lowest BCUT2D eigenvalue weighted by Gasteiger charge is -2.22. The second-order valence-electron chi connectivity index (χ2n) is 5.66. The van der Waals surface area contributed by atoms with E-state index >= 15 is 0 Å². The summed E-state index contributed by atoms with van der Waals surface area (Å²) in [4.78, 5) is 27.8. The first-order valence-electron chi connectivity index (χ1n) is 7.54. The third-order valence-electron chi connectivity index (χ3n) is 4.24. The number of nitrogens with zero attached hydrogens (tertiary/aromatic N) is 1. The fraction of sp³-hybridized carbons (Fsp3) is 0.471. The van der Waals surface area contributed by atoms with Gasteiger partial charge in [0, 0.05) is 19.3 Å². The molecule has 0 aromatic carbocycles. The second kappa shape index (κ2) is 6.20. The van der Waals surface area contributed by atoms with Crippen LogP contribution in [-0.2, 0) is 14.4 Å². The highest BCUT2D eigenvalue weighted by Gasteiger charge is 2.38. The van der Waals surface area contributed by atoms with Gasteiger partial charge in [-0.1, -0.05) is 29.5 Å². The first-order chi connectivity index (χ1) is 10.3. The maximum absolute atomic E-state index is 11.4. The van der Waals surface area contributed by atoms with Gasteiger partial charge >= 0.3 is 0 Å². The van der Waals surface area contributed by atoms with Crippen molar-refractivity contribution in [1.82, 2.24) is 0 Å². The van der Waals surface area contributed by atoms with Crippen molar-refractivity contribution in [2.45, 2.75) is 44.6 Å². The molecule has 0 radical (unpaired) electrons. The van der Waals surface area contributed by atoms with Crippen LogP contribution in [0.5, 0.6) is 0 Å². The molecule has 0 fully saturated rings. The Labute approximate surface area is 124 Å². The molecule has 2 aliphatic carbocycles. The highest BCUT2D eigenvalue weighted by Crippen LogP contribution is 2.35. The van der Waals surface area contributed by atoms with Crippen molar-refractivity contribution in [2.75, 3.05) is 0 Å². The molecule has 0 amide bonds. The molecule has 0 bridgehead atoms. The van der Waals surface area contributed by atoms with Gasteiger partial charge < -0.3 is 9.63 Å². The predicted molar refractivity (Wildman–Crippen MR) is 79.9 cm³/mol. The van der Waals surface area contributed by atoms with Crippen LogP contribution in [0.4, 0.5) is 0 Å². The van der Waals surface area contributed by atoms with Crippen LogP contribution in [0, 0.1) is 5.92 Å². The van der Waals surface area contributed by atoms with E-state index in [4.69, 9.17) is 4.84 Å². The fourth-order valence-electron chi connectivity index (χ4n) is 3.14. The summed E-state index contributed by atoms with van der Waals surface area (Å²) in [7, 11) is 0. The molecule has 4 heteroatoms. The Hall–Kier alpha value is -1.97. The molecule has 4 nitrogen and oxygen atoms in total. The highest BCUT2D eigenvalue weighted by molar-refractivity contribution is 6.06. The largest absolute Gasteiger partial charge is 0.391 e. The molecule has 110 valence electrons. The monoisotopic (exact) mass is 285 g/mol. The molecule has 3 aliphatic rings. The molecule has 1 aliphatic heterocycles. The zero-order chi connectivity index (χ0) is 14.7. The Morgan fingerprint density at radius 1 is 1.29 bits per heavy atom. The second-order valence-corrected chi connectivity index (χ2v) is 5.66. The molecule has 0 saturated carbocycles. The molecule has 0 saturated heterocycles. The molecule has 0 spiro atoms. The van der Waals surface area contributed by atoms with Crippen molar-refractivity contribution < 1.29 is 14.4 Å². The Balaban J connectivity index is 1.87. The number of carbonyl (C=O) groups is 2. The molecule has 0 N–H and O–H groups in total. The minimum Gasteiger partial charge on any atom is -0.391 e. The van der Waals surface area contributed by atoms with Gasteiger partial charge in [-0.3, -0.25) is 4.79 Å². The van der Waals surface area contributed by atoms with Crippen molar-refractivity contribution in [1.29, 1.82) is 0 Å². The van der Waals surface area contributed by atoms with Crippen LogP contribution >= 0.6 is 0 Å². The Kier molecular flexibility index (Phi) is 4.13. The first-order valence-corrected chi connectivity index (χ1v) is 7.54. The van der Waals surface area contributed by atoms with Gasteiger partial charge in [0.15, 0.2) is 0 Å². The van der Waals surface area contributed by atoms with E-state index in [0.717, 1.165) is 36.8 Å². The number of oxime groups is 1. The molecule has 1 heterocycles. The van der Waals surface area contributed by atoms with Crippen molar-refractivity contribution >= 4 is 17.8 Å². The van der Waals surface area contributed by atoms with Crippen LogP contribution in [-0.4, -0.2) is 23.9 Å². The van der Waals surface area contributed by atoms with Crippen LogP contribution in [0.2, 0.25) is 0 Å². The Bertz CT molecular complexity index is 569. The number of allylic oxidation sites excluding steroid dienone is 5. The quantitative estimate of drug-likeness (QED) is 0.746. The minimum absolute atomic E-state index is 0.0196. The van der Waals surface area contributed by atoms with Crippen molar-refractivity contribution in [3.63, 3.8) is 0 Å². The summed E-state index contributed by atoms with van der Waals surface area (Å²) in [6.07, 6.45) is 13.3. The van der Waals surface area contributed by atoms with Gasteiger partial charge in [0.1, 0.15) is 18.2 Å². The Morgan fingerprint density at radius 2 is 2.19 bits per heavy atom. The number of ketones is 1. The van der Waals surface area contributed by atoms with Gasteiger partial charge in [0.2, 0.25) is 0 Å². The molecular formula is C17H19NO3. The van der Waals surface area contributed by atoms with E-state index in [1.54, 1.807) is 0 Å². The molecule has 2 unspecified atom stereocenters. The van der Waals surface area contributed by atoms with E-state index in [2.05, 4.69) is 23.4 Å². The zero-order valence-corrected chi connectivity index (χ0v) is 12.0. The lowest BCUT2D eigenvalue weighted by Crippen LogP contribution is -2.27. The van der Waals surface area contributed by atoms with E-state index in [9.17, 15) is 9.59 Å².